The Hall–Kier alpha value is -3.26. The van der Waals surface area contributed by atoms with E-state index in [0.29, 0.717) is 35.5 Å². The van der Waals surface area contributed by atoms with Crippen LogP contribution in [0.2, 0.25) is 0 Å². The average Bonchev–Trinajstić information content (AvgIpc) is 3.21. The van der Waals surface area contributed by atoms with Crippen LogP contribution in [0.15, 0.2) is 36.4 Å². The molecule has 0 radical (unpaired) electrons. The minimum atomic E-state index is -1.39. The van der Waals surface area contributed by atoms with E-state index in [0.717, 1.165) is 19.3 Å². The fourth-order valence-corrected chi connectivity index (χ4v) is 7.13. The maximum absolute atomic E-state index is 11.8. The summed E-state index contributed by atoms with van der Waals surface area (Å²) in [4.78, 5) is 22.6. The molecule has 0 heterocycles. The molecule has 5 rings (SSSR count). The van der Waals surface area contributed by atoms with E-state index in [1.807, 2.05) is 19.1 Å². The van der Waals surface area contributed by atoms with Gasteiger partial charge < -0.3 is 30.9 Å². The summed E-state index contributed by atoms with van der Waals surface area (Å²) in [5, 5.41) is 36.8. The number of nitrogens with two attached hydrogens (primary N) is 1. The lowest BCUT2D eigenvalue weighted by molar-refractivity contribution is -0.157. The molecule has 0 spiro atoms. The first kappa shape index (κ1) is 28.7. The van der Waals surface area contributed by atoms with Gasteiger partial charge in [0.25, 0.3) is 0 Å². The van der Waals surface area contributed by atoms with Crippen molar-refractivity contribution in [3.8, 4) is 17.2 Å². The highest BCUT2D eigenvalue weighted by molar-refractivity contribution is 5.78. The predicted octanol–water partition coefficient (Wildman–Crippen LogP) is 5.01. The number of ether oxygens (including phenoxy) is 1. The van der Waals surface area contributed by atoms with Crippen LogP contribution in [0.4, 0.5) is 0 Å². The van der Waals surface area contributed by atoms with Crippen molar-refractivity contribution in [3.05, 3.63) is 53.1 Å². The van der Waals surface area contributed by atoms with Crippen molar-refractivity contribution < 1.29 is 34.8 Å². The van der Waals surface area contributed by atoms with Gasteiger partial charge in [0.15, 0.2) is 11.5 Å². The summed E-state index contributed by atoms with van der Waals surface area (Å²) in [5.41, 5.74) is 7.66. The van der Waals surface area contributed by atoms with E-state index in [9.17, 15) is 19.8 Å². The largest absolute Gasteiger partial charge is 0.508 e. The zero-order valence-electron chi connectivity index (χ0n) is 23.0. The Morgan fingerprint density at radius 3 is 2.46 bits per heavy atom. The first-order valence-corrected chi connectivity index (χ1v) is 13.9. The first-order valence-electron chi connectivity index (χ1n) is 13.9. The van der Waals surface area contributed by atoms with E-state index < -0.39 is 11.5 Å². The Bertz CT molecular complexity index is 1230. The maximum atomic E-state index is 11.8. The summed E-state index contributed by atoms with van der Waals surface area (Å²) in [5.74, 6) is 0.678. The van der Waals surface area contributed by atoms with E-state index in [2.05, 4.69) is 13.0 Å². The van der Waals surface area contributed by atoms with Crippen molar-refractivity contribution >= 4 is 11.9 Å². The highest BCUT2D eigenvalue weighted by atomic mass is 16.5. The second-order valence-electron chi connectivity index (χ2n) is 12.0. The van der Waals surface area contributed by atoms with Gasteiger partial charge in [0.1, 0.15) is 17.4 Å². The average molecular weight is 540 g/mol. The molecule has 2 fully saturated rings. The molecule has 2 saturated carbocycles. The van der Waals surface area contributed by atoms with Crippen molar-refractivity contribution in [2.45, 2.75) is 89.7 Å². The Morgan fingerprint density at radius 1 is 1.05 bits per heavy atom. The molecule has 2 aromatic carbocycles. The Labute approximate surface area is 229 Å². The van der Waals surface area contributed by atoms with Gasteiger partial charge in [-0.05, 0) is 104 Å². The van der Waals surface area contributed by atoms with Gasteiger partial charge >= 0.3 is 11.9 Å². The number of esters is 1. The minimum Gasteiger partial charge on any atom is -0.508 e. The third-order valence-electron chi connectivity index (χ3n) is 9.29. The summed E-state index contributed by atoms with van der Waals surface area (Å²) in [7, 11) is 0. The molecule has 0 aliphatic heterocycles. The Morgan fingerprint density at radius 2 is 1.79 bits per heavy atom. The number of hydrogen-bond donors (Lipinski definition) is 5. The van der Waals surface area contributed by atoms with Crippen molar-refractivity contribution in [3.63, 3.8) is 0 Å². The summed E-state index contributed by atoms with van der Waals surface area (Å²) in [6, 6.07) is 10.1. The van der Waals surface area contributed by atoms with Crippen LogP contribution in [0, 0.1) is 17.3 Å². The number of carboxylic acids is 1. The quantitative estimate of drug-likeness (QED) is 0.263. The lowest BCUT2D eigenvalue weighted by atomic mass is 9.55. The van der Waals surface area contributed by atoms with Gasteiger partial charge in [-0.25, -0.2) is 0 Å². The fraction of sp³-hybridized carbons (Fsp3) is 0.548. The number of carbonyl (C=O) groups is 2. The van der Waals surface area contributed by atoms with Gasteiger partial charge in [-0.2, -0.15) is 0 Å². The van der Waals surface area contributed by atoms with E-state index in [1.165, 1.54) is 55.5 Å². The standard InChI is InChI=1S/C21H28O3.C10H13NO4/c1-3-20(23)24-19-9-8-18-17-6-4-13-12-14(22)5-7-15(13)16(17)10-11-21(18,19)2;1-10(11,9(14)15)5-6-2-3-7(12)8(13)4-6/h5,7,12,16-19,22H,3-4,6,8-11H2,1-2H3;2-4,12-13H,5,11H2,1H3,(H,14,15). The van der Waals surface area contributed by atoms with Crippen LogP contribution in [0.1, 0.15) is 81.9 Å². The molecule has 8 heteroatoms. The summed E-state index contributed by atoms with van der Waals surface area (Å²) < 4.78 is 5.83. The monoisotopic (exact) mass is 539 g/mol. The van der Waals surface area contributed by atoms with E-state index >= 15 is 0 Å². The minimum absolute atomic E-state index is 0.0477. The molecule has 8 nitrogen and oxygen atoms in total. The summed E-state index contributed by atoms with van der Waals surface area (Å²) in [6.07, 6.45) is 7.46. The molecule has 3 aliphatic carbocycles. The second-order valence-corrected chi connectivity index (χ2v) is 12.0. The molecule has 6 unspecified atom stereocenters. The van der Waals surface area contributed by atoms with Gasteiger partial charge in [0.2, 0.25) is 0 Å². The molecule has 39 heavy (non-hydrogen) atoms. The molecule has 0 aromatic heterocycles. The smallest absolute Gasteiger partial charge is 0.323 e. The Balaban J connectivity index is 0.000000204. The van der Waals surface area contributed by atoms with Gasteiger partial charge in [-0.3, -0.25) is 9.59 Å². The first-order chi connectivity index (χ1) is 18.4. The van der Waals surface area contributed by atoms with Crippen LogP contribution in [-0.4, -0.2) is 44.0 Å². The molecular weight excluding hydrogens is 498 g/mol. The molecule has 0 bridgehead atoms. The number of hydrogen-bond acceptors (Lipinski definition) is 7. The van der Waals surface area contributed by atoms with Crippen LogP contribution in [0.5, 0.6) is 17.2 Å². The number of aromatic hydroxyl groups is 3. The Kier molecular flexibility index (Phi) is 8.17. The van der Waals surface area contributed by atoms with Gasteiger partial charge in [-0.1, -0.05) is 26.0 Å². The number of aryl methyl sites for hydroxylation is 1. The number of carbonyl (C=O) groups excluding carboxylic acids is 1. The summed E-state index contributed by atoms with van der Waals surface area (Å²) >= 11 is 0. The molecule has 3 aliphatic rings. The SMILES string of the molecule is CC(N)(Cc1ccc(O)c(O)c1)C(=O)O.CCC(=O)OC1CCC2C3CCc4cc(O)ccc4C3CCC12C. The number of phenols is 3. The zero-order valence-corrected chi connectivity index (χ0v) is 23.0. The maximum Gasteiger partial charge on any atom is 0.323 e. The number of rotatable bonds is 5. The zero-order chi connectivity index (χ0) is 28.5. The second kappa shape index (κ2) is 11.1. The highest BCUT2D eigenvalue weighted by Crippen LogP contribution is 2.61. The van der Waals surface area contributed by atoms with E-state index in [-0.39, 0.29) is 35.4 Å². The lowest BCUT2D eigenvalue weighted by Crippen LogP contribution is -2.46. The van der Waals surface area contributed by atoms with Crippen LogP contribution in [0.3, 0.4) is 0 Å². The van der Waals surface area contributed by atoms with Gasteiger partial charge in [0, 0.05) is 18.3 Å². The van der Waals surface area contributed by atoms with Crippen LogP contribution >= 0.6 is 0 Å². The molecule has 0 saturated heterocycles. The van der Waals surface area contributed by atoms with E-state index in [1.54, 1.807) is 0 Å². The number of aliphatic carboxylic acids is 1. The number of carboxylic acid groups (broad SMARTS) is 1. The molecule has 212 valence electrons. The third kappa shape index (κ3) is 5.86. The highest BCUT2D eigenvalue weighted by Gasteiger charge is 2.56. The van der Waals surface area contributed by atoms with E-state index in [4.69, 9.17) is 20.7 Å². The molecule has 6 atom stereocenters. The van der Waals surface area contributed by atoms with Crippen LogP contribution in [-0.2, 0) is 27.2 Å². The number of phenolic OH excluding ortho intramolecular Hbond substituents is 3. The number of benzene rings is 2. The van der Waals surface area contributed by atoms with Gasteiger partial charge in [-0.15, -0.1) is 0 Å². The molecule has 2 aromatic rings. The van der Waals surface area contributed by atoms with Crippen LogP contribution in [0.25, 0.3) is 0 Å². The van der Waals surface area contributed by atoms with Crippen LogP contribution < -0.4 is 5.73 Å². The normalized spacial score (nSPS) is 28.5. The van der Waals surface area contributed by atoms with Crippen molar-refractivity contribution in [2.24, 2.45) is 23.0 Å². The topological polar surface area (TPSA) is 150 Å². The molecular formula is C31H41NO7. The lowest BCUT2D eigenvalue weighted by Gasteiger charge is -2.50. The van der Waals surface area contributed by atoms with Crippen molar-refractivity contribution in [1.82, 2.24) is 0 Å². The fourth-order valence-electron chi connectivity index (χ4n) is 7.13. The third-order valence-corrected chi connectivity index (χ3v) is 9.29. The molecule has 6 N–H and O–H groups in total. The predicted molar refractivity (Wildman–Crippen MR) is 147 cm³/mol. The van der Waals surface area contributed by atoms with Gasteiger partial charge in [0.05, 0.1) is 0 Å². The molecule has 0 amide bonds. The summed E-state index contributed by atoms with van der Waals surface area (Å²) in [6.45, 7) is 5.63. The number of fused-ring (bicyclic) bond motifs is 5. The van der Waals surface area contributed by atoms with Crippen molar-refractivity contribution in [1.29, 1.82) is 0 Å². The van der Waals surface area contributed by atoms with Crippen molar-refractivity contribution in [2.75, 3.05) is 0 Å².